The highest BCUT2D eigenvalue weighted by molar-refractivity contribution is 7.89. The van der Waals surface area contributed by atoms with Crippen LogP contribution in [0.15, 0.2) is 23.1 Å². The molecule has 0 bridgehead atoms. The number of hydrogen-bond acceptors (Lipinski definition) is 4. The molecule has 0 fully saturated rings. The first-order chi connectivity index (χ1) is 8.27. The van der Waals surface area contributed by atoms with Gasteiger partial charge >= 0.3 is 5.97 Å². The normalized spacial score (nSPS) is 13.3. The lowest BCUT2D eigenvalue weighted by Crippen LogP contribution is -2.43. The molecule has 0 radical (unpaired) electrons. The summed E-state index contributed by atoms with van der Waals surface area (Å²) >= 11 is 0. The van der Waals surface area contributed by atoms with Gasteiger partial charge in [-0.05, 0) is 24.6 Å². The number of aliphatic carboxylic acids is 1. The van der Waals surface area contributed by atoms with Crippen LogP contribution in [0.5, 0.6) is 0 Å². The number of carboxylic acid groups (broad SMARTS) is 1. The van der Waals surface area contributed by atoms with Crippen molar-refractivity contribution in [1.29, 1.82) is 0 Å². The van der Waals surface area contributed by atoms with E-state index in [0.29, 0.717) is 0 Å². The van der Waals surface area contributed by atoms with Gasteiger partial charge in [-0.1, -0.05) is 6.07 Å². The minimum atomic E-state index is -4.20. The highest BCUT2D eigenvalue weighted by Gasteiger charge is 2.26. The molecule has 18 heavy (non-hydrogen) atoms. The number of carboxylic acids is 1. The van der Waals surface area contributed by atoms with Gasteiger partial charge in [-0.15, -0.1) is 0 Å². The van der Waals surface area contributed by atoms with Crippen LogP contribution in [0, 0.1) is 12.7 Å². The molecule has 0 heterocycles. The molecule has 3 N–H and O–H groups in total. The molecule has 0 amide bonds. The summed E-state index contributed by atoms with van der Waals surface area (Å²) < 4.78 is 38.4. The second-order valence-electron chi connectivity index (χ2n) is 3.60. The second-order valence-corrected chi connectivity index (χ2v) is 5.29. The van der Waals surface area contributed by atoms with Gasteiger partial charge in [0.1, 0.15) is 11.9 Å². The minimum absolute atomic E-state index is 0.269. The average Bonchev–Trinajstić information content (AvgIpc) is 2.28. The lowest BCUT2D eigenvalue weighted by molar-refractivity contribution is -0.139. The van der Waals surface area contributed by atoms with Crippen molar-refractivity contribution in [3.05, 3.63) is 29.6 Å². The fourth-order valence-electron chi connectivity index (χ4n) is 1.28. The summed E-state index contributed by atoms with van der Waals surface area (Å²) in [4.78, 5) is 10.3. The zero-order valence-corrected chi connectivity index (χ0v) is 10.2. The molecule has 8 heteroatoms. The van der Waals surface area contributed by atoms with Gasteiger partial charge in [0.2, 0.25) is 10.0 Å². The van der Waals surface area contributed by atoms with Gasteiger partial charge in [0.05, 0.1) is 11.5 Å². The molecule has 0 spiro atoms. The summed E-state index contributed by atoms with van der Waals surface area (Å²) in [5, 5.41) is 17.4. The fourth-order valence-corrected chi connectivity index (χ4v) is 2.72. The number of aliphatic hydroxyl groups is 1. The van der Waals surface area contributed by atoms with Crippen molar-refractivity contribution in [3.8, 4) is 0 Å². The monoisotopic (exact) mass is 277 g/mol. The van der Waals surface area contributed by atoms with Gasteiger partial charge in [0.25, 0.3) is 0 Å². The third-order valence-electron chi connectivity index (χ3n) is 2.22. The van der Waals surface area contributed by atoms with Crippen LogP contribution in [0.3, 0.4) is 0 Å². The van der Waals surface area contributed by atoms with E-state index in [1.165, 1.54) is 13.0 Å². The second kappa shape index (κ2) is 5.42. The summed E-state index contributed by atoms with van der Waals surface area (Å²) in [5.74, 6) is -2.27. The number of nitrogens with one attached hydrogen (secondary N) is 1. The molecule has 1 rings (SSSR count). The van der Waals surface area contributed by atoms with Crippen LogP contribution >= 0.6 is 0 Å². The molecule has 1 aromatic rings. The first kappa shape index (κ1) is 14.6. The molecule has 0 aliphatic carbocycles. The van der Waals surface area contributed by atoms with E-state index in [0.717, 1.165) is 12.1 Å². The molecular weight excluding hydrogens is 265 g/mol. The van der Waals surface area contributed by atoms with Crippen LogP contribution in [-0.4, -0.2) is 37.2 Å². The highest BCUT2D eigenvalue weighted by atomic mass is 32.2. The topological polar surface area (TPSA) is 104 Å². The maximum Gasteiger partial charge on any atom is 0.324 e. The van der Waals surface area contributed by atoms with Gasteiger partial charge in [0, 0.05) is 0 Å². The Balaban J connectivity index is 3.14. The van der Waals surface area contributed by atoms with Crippen molar-refractivity contribution in [2.45, 2.75) is 17.9 Å². The van der Waals surface area contributed by atoms with Gasteiger partial charge < -0.3 is 10.2 Å². The molecular formula is C10H12FNO5S. The Morgan fingerprint density at radius 1 is 1.50 bits per heavy atom. The Hall–Kier alpha value is -1.51. The molecule has 0 saturated heterocycles. The quantitative estimate of drug-likeness (QED) is 0.695. The van der Waals surface area contributed by atoms with E-state index in [2.05, 4.69) is 0 Å². The predicted octanol–water partition coefficient (Wildman–Crippen LogP) is -0.142. The zero-order valence-electron chi connectivity index (χ0n) is 9.42. The van der Waals surface area contributed by atoms with Crippen LogP contribution in [0.2, 0.25) is 0 Å². The molecule has 0 aliphatic rings. The lowest BCUT2D eigenvalue weighted by Gasteiger charge is -2.13. The Labute approximate surface area is 103 Å². The van der Waals surface area contributed by atoms with E-state index in [-0.39, 0.29) is 10.5 Å². The number of aliphatic hydroxyl groups excluding tert-OH is 1. The van der Waals surface area contributed by atoms with Crippen LogP contribution in [0.4, 0.5) is 4.39 Å². The number of carbonyl (C=O) groups is 1. The number of aryl methyl sites for hydroxylation is 1. The number of benzene rings is 1. The van der Waals surface area contributed by atoms with E-state index >= 15 is 0 Å². The number of halogens is 1. The van der Waals surface area contributed by atoms with Crippen molar-refractivity contribution in [3.63, 3.8) is 0 Å². The average molecular weight is 277 g/mol. The predicted molar refractivity (Wildman–Crippen MR) is 60.0 cm³/mol. The molecule has 0 saturated carbocycles. The number of sulfonamides is 1. The number of rotatable bonds is 5. The molecule has 0 aromatic heterocycles. The molecule has 1 unspecified atom stereocenters. The summed E-state index contributed by atoms with van der Waals surface area (Å²) in [6.45, 7) is 0.547. The van der Waals surface area contributed by atoms with E-state index in [9.17, 15) is 17.6 Å². The van der Waals surface area contributed by atoms with Crippen LogP contribution < -0.4 is 4.72 Å². The summed E-state index contributed by atoms with van der Waals surface area (Å²) in [7, 11) is -4.20. The van der Waals surface area contributed by atoms with Crippen molar-refractivity contribution in [1.82, 2.24) is 4.72 Å². The van der Waals surface area contributed by atoms with Crippen molar-refractivity contribution >= 4 is 16.0 Å². The Bertz CT molecular complexity index is 557. The van der Waals surface area contributed by atoms with E-state index < -0.39 is 34.5 Å². The Kier molecular flexibility index (Phi) is 4.38. The minimum Gasteiger partial charge on any atom is -0.480 e. The van der Waals surface area contributed by atoms with Crippen molar-refractivity contribution in [2.75, 3.05) is 6.61 Å². The standard InChI is InChI=1S/C10H12FNO5S/c1-6-2-3-7(11)4-9(6)18(16,17)12-8(5-13)10(14)15/h2-4,8,12-13H,5H2,1H3,(H,14,15). The van der Waals surface area contributed by atoms with Gasteiger partial charge in [-0.3, -0.25) is 4.79 Å². The summed E-state index contributed by atoms with van der Waals surface area (Å²) in [5.41, 5.74) is 0.269. The highest BCUT2D eigenvalue weighted by Crippen LogP contribution is 2.16. The SMILES string of the molecule is Cc1ccc(F)cc1S(=O)(=O)NC(CO)C(=O)O. The summed E-state index contributed by atoms with van der Waals surface area (Å²) in [6, 6.07) is 1.47. The maximum absolute atomic E-state index is 13.0. The fraction of sp³-hybridized carbons (Fsp3) is 0.300. The molecule has 1 aromatic carbocycles. The Morgan fingerprint density at radius 2 is 2.11 bits per heavy atom. The van der Waals surface area contributed by atoms with E-state index in [4.69, 9.17) is 10.2 Å². The third kappa shape index (κ3) is 3.25. The lowest BCUT2D eigenvalue weighted by atomic mass is 10.2. The zero-order chi connectivity index (χ0) is 13.9. The van der Waals surface area contributed by atoms with Crippen LogP contribution in [-0.2, 0) is 14.8 Å². The largest absolute Gasteiger partial charge is 0.480 e. The van der Waals surface area contributed by atoms with E-state index in [1.807, 2.05) is 0 Å². The molecule has 6 nitrogen and oxygen atoms in total. The Morgan fingerprint density at radius 3 is 2.61 bits per heavy atom. The smallest absolute Gasteiger partial charge is 0.324 e. The van der Waals surface area contributed by atoms with Crippen molar-refractivity contribution < 1.29 is 27.8 Å². The maximum atomic E-state index is 13.0. The molecule has 0 aliphatic heterocycles. The first-order valence-corrected chi connectivity index (χ1v) is 6.38. The van der Waals surface area contributed by atoms with Crippen LogP contribution in [0.1, 0.15) is 5.56 Å². The van der Waals surface area contributed by atoms with Gasteiger partial charge in [-0.25, -0.2) is 12.8 Å². The van der Waals surface area contributed by atoms with Crippen LogP contribution in [0.25, 0.3) is 0 Å². The third-order valence-corrected chi connectivity index (χ3v) is 3.83. The number of hydrogen-bond donors (Lipinski definition) is 3. The van der Waals surface area contributed by atoms with Gasteiger partial charge in [0.15, 0.2) is 0 Å². The summed E-state index contributed by atoms with van der Waals surface area (Å²) in [6.07, 6.45) is 0. The molecule has 1 atom stereocenters. The van der Waals surface area contributed by atoms with Gasteiger partial charge in [-0.2, -0.15) is 4.72 Å². The first-order valence-electron chi connectivity index (χ1n) is 4.90. The van der Waals surface area contributed by atoms with Crippen molar-refractivity contribution in [2.24, 2.45) is 0 Å². The molecule has 100 valence electrons. The van der Waals surface area contributed by atoms with E-state index in [1.54, 1.807) is 4.72 Å².